The number of carbonyl (C=O) groups excluding carboxylic acids is 2. The minimum absolute atomic E-state index is 0.0753. The largest absolute Gasteiger partial charge is 0.336 e. The van der Waals surface area contributed by atoms with Gasteiger partial charge < -0.3 is 4.90 Å². The van der Waals surface area contributed by atoms with Gasteiger partial charge >= 0.3 is 0 Å². The number of benzene rings is 3. The summed E-state index contributed by atoms with van der Waals surface area (Å²) in [4.78, 5) is 28.1. The lowest BCUT2D eigenvalue weighted by molar-refractivity contribution is 0.0592. The van der Waals surface area contributed by atoms with E-state index >= 15 is 0 Å². The van der Waals surface area contributed by atoms with Gasteiger partial charge in [-0.25, -0.2) is 0 Å². The number of rotatable bonds is 6. The monoisotopic (exact) mass is 397 g/mol. The Labute approximate surface area is 178 Å². The van der Waals surface area contributed by atoms with Crippen molar-refractivity contribution in [3.8, 4) is 11.1 Å². The molecule has 0 N–H and O–H groups in total. The number of Topliss-reactive ketones (excluding diaryl/α,β-unsaturated/α-hetero) is 1. The van der Waals surface area contributed by atoms with Crippen LogP contribution in [0.4, 0.5) is 0 Å². The molecule has 152 valence electrons. The Morgan fingerprint density at radius 3 is 2.23 bits per heavy atom. The molecule has 4 rings (SSSR count). The predicted octanol–water partition coefficient (Wildman–Crippen LogP) is 6.01. The minimum atomic E-state index is 0.0753. The second-order valence-corrected chi connectivity index (χ2v) is 7.89. The molecule has 3 aromatic carbocycles. The Kier molecular flexibility index (Phi) is 6.38. The van der Waals surface area contributed by atoms with Crippen LogP contribution in [0.25, 0.3) is 11.1 Å². The lowest BCUT2D eigenvalue weighted by Crippen LogP contribution is -2.44. The van der Waals surface area contributed by atoms with E-state index in [1.54, 1.807) is 0 Å². The highest BCUT2D eigenvalue weighted by Crippen LogP contribution is 2.28. The molecule has 3 nitrogen and oxygen atoms in total. The van der Waals surface area contributed by atoms with Gasteiger partial charge in [0.2, 0.25) is 0 Å². The van der Waals surface area contributed by atoms with Crippen molar-refractivity contribution in [1.82, 2.24) is 4.90 Å². The molecule has 1 fully saturated rings. The van der Waals surface area contributed by atoms with Gasteiger partial charge in [-0.3, -0.25) is 9.59 Å². The van der Waals surface area contributed by atoms with Crippen molar-refractivity contribution in [1.29, 1.82) is 0 Å². The van der Waals surface area contributed by atoms with Gasteiger partial charge in [0.15, 0.2) is 5.78 Å². The molecule has 1 aliphatic heterocycles. The number of nitrogens with zero attached hydrogens (tertiary/aromatic N) is 1. The Hall–Kier alpha value is -3.20. The van der Waals surface area contributed by atoms with Gasteiger partial charge in [-0.05, 0) is 42.9 Å². The van der Waals surface area contributed by atoms with Gasteiger partial charge in [0.05, 0.1) is 0 Å². The highest BCUT2D eigenvalue weighted by atomic mass is 16.2. The number of ketones is 1. The van der Waals surface area contributed by atoms with E-state index in [9.17, 15) is 9.59 Å². The first-order chi connectivity index (χ1) is 14.7. The first-order valence-electron chi connectivity index (χ1n) is 10.8. The fourth-order valence-electron chi connectivity index (χ4n) is 4.33. The van der Waals surface area contributed by atoms with Crippen LogP contribution in [0.5, 0.6) is 0 Å². The number of hydrogen-bond acceptors (Lipinski definition) is 2. The molecule has 0 saturated carbocycles. The molecule has 1 heterocycles. The molecule has 1 aliphatic rings. The Balaban J connectivity index is 1.52. The molecule has 0 aromatic heterocycles. The lowest BCUT2D eigenvalue weighted by Gasteiger charge is -2.36. The maximum atomic E-state index is 13.6. The number of carbonyl (C=O) groups is 2. The number of likely N-dealkylation sites (tertiary alicyclic amines) is 1. The van der Waals surface area contributed by atoms with E-state index in [0.29, 0.717) is 12.8 Å². The van der Waals surface area contributed by atoms with Crippen LogP contribution < -0.4 is 0 Å². The summed E-state index contributed by atoms with van der Waals surface area (Å²) in [5.41, 5.74) is 3.51. The minimum Gasteiger partial charge on any atom is -0.336 e. The maximum Gasteiger partial charge on any atom is 0.254 e. The SMILES string of the molecule is O=C(CC[C@@H]1CCCCN1C(=O)c1ccccc1-c1ccccc1)c1ccccc1. The second-order valence-electron chi connectivity index (χ2n) is 7.89. The van der Waals surface area contributed by atoms with Gasteiger partial charge in [0.25, 0.3) is 5.91 Å². The topological polar surface area (TPSA) is 37.4 Å². The summed E-state index contributed by atoms with van der Waals surface area (Å²) in [5.74, 6) is 0.226. The van der Waals surface area contributed by atoms with Gasteiger partial charge in [-0.1, -0.05) is 78.9 Å². The molecular weight excluding hydrogens is 370 g/mol. The summed E-state index contributed by atoms with van der Waals surface area (Å²) in [6.07, 6.45) is 4.27. The van der Waals surface area contributed by atoms with Gasteiger partial charge in [0, 0.05) is 30.1 Å². The molecule has 0 unspecified atom stereocenters. The fraction of sp³-hybridized carbons (Fsp3) is 0.259. The van der Waals surface area contributed by atoms with Crippen LogP contribution in [-0.2, 0) is 0 Å². The normalized spacial score (nSPS) is 16.3. The number of piperidine rings is 1. The van der Waals surface area contributed by atoms with Crippen LogP contribution >= 0.6 is 0 Å². The van der Waals surface area contributed by atoms with Crippen molar-refractivity contribution in [3.05, 3.63) is 96.1 Å². The zero-order valence-electron chi connectivity index (χ0n) is 17.2. The zero-order valence-corrected chi connectivity index (χ0v) is 17.2. The highest BCUT2D eigenvalue weighted by Gasteiger charge is 2.29. The summed E-state index contributed by atoms with van der Waals surface area (Å²) < 4.78 is 0. The summed E-state index contributed by atoms with van der Waals surface area (Å²) in [6.45, 7) is 0.756. The third kappa shape index (κ3) is 4.51. The van der Waals surface area contributed by atoms with E-state index in [1.807, 2.05) is 89.8 Å². The molecule has 1 saturated heterocycles. The zero-order chi connectivity index (χ0) is 20.8. The van der Waals surface area contributed by atoms with Crippen LogP contribution in [-0.4, -0.2) is 29.2 Å². The first kappa shape index (κ1) is 20.1. The Morgan fingerprint density at radius 2 is 1.47 bits per heavy atom. The van der Waals surface area contributed by atoms with E-state index in [-0.39, 0.29) is 17.7 Å². The van der Waals surface area contributed by atoms with E-state index in [2.05, 4.69) is 0 Å². The van der Waals surface area contributed by atoms with Gasteiger partial charge in [0.1, 0.15) is 0 Å². The van der Waals surface area contributed by atoms with E-state index in [4.69, 9.17) is 0 Å². The van der Waals surface area contributed by atoms with E-state index < -0.39 is 0 Å². The summed E-state index contributed by atoms with van der Waals surface area (Å²) in [7, 11) is 0. The molecule has 1 amide bonds. The van der Waals surface area contributed by atoms with Gasteiger partial charge in [-0.15, -0.1) is 0 Å². The maximum absolute atomic E-state index is 13.6. The average molecular weight is 398 g/mol. The third-order valence-corrected chi connectivity index (χ3v) is 5.93. The smallest absolute Gasteiger partial charge is 0.254 e. The van der Waals surface area contributed by atoms with E-state index in [1.165, 1.54) is 0 Å². The summed E-state index contributed by atoms with van der Waals surface area (Å²) in [6, 6.07) is 27.4. The molecule has 3 heteroatoms. The molecule has 0 aliphatic carbocycles. The van der Waals surface area contributed by atoms with Crippen LogP contribution in [0.15, 0.2) is 84.9 Å². The number of hydrogen-bond donors (Lipinski definition) is 0. The van der Waals surface area contributed by atoms with Crippen molar-refractivity contribution < 1.29 is 9.59 Å². The highest BCUT2D eigenvalue weighted by molar-refractivity contribution is 6.01. The Morgan fingerprint density at radius 1 is 0.800 bits per heavy atom. The van der Waals surface area contributed by atoms with E-state index in [0.717, 1.165) is 48.1 Å². The molecule has 30 heavy (non-hydrogen) atoms. The lowest BCUT2D eigenvalue weighted by atomic mass is 9.93. The molecule has 1 atom stereocenters. The molecule has 0 spiro atoms. The average Bonchev–Trinajstić information content (AvgIpc) is 2.83. The second kappa shape index (κ2) is 9.53. The third-order valence-electron chi connectivity index (χ3n) is 5.93. The van der Waals surface area contributed by atoms with Crippen molar-refractivity contribution in [2.75, 3.05) is 6.54 Å². The van der Waals surface area contributed by atoms with Gasteiger partial charge in [-0.2, -0.15) is 0 Å². The first-order valence-corrected chi connectivity index (χ1v) is 10.8. The molecular formula is C27H27NO2. The van der Waals surface area contributed by atoms with Crippen molar-refractivity contribution >= 4 is 11.7 Å². The van der Waals surface area contributed by atoms with Crippen LogP contribution in [0, 0.1) is 0 Å². The van der Waals surface area contributed by atoms with Crippen LogP contribution in [0.2, 0.25) is 0 Å². The molecule has 3 aromatic rings. The predicted molar refractivity (Wildman–Crippen MR) is 121 cm³/mol. The quantitative estimate of drug-likeness (QED) is 0.478. The summed E-state index contributed by atoms with van der Waals surface area (Å²) >= 11 is 0. The number of amides is 1. The summed E-state index contributed by atoms with van der Waals surface area (Å²) in [5, 5.41) is 0. The van der Waals surface area contributed by atoms with Crippen molar-refractivity contribution in [2.45, 2.75) is 38.1 Å². The molecule has 0 radical (unpaired) electrons. The Bertz CT molecular complexity index is 998. The fourth-order valence-corrected chi connectivity index (χ4v) is 4.33. The van der Waals surface area contributed by atoms with Crippen molar-refractivity contribution in [2.24, 2.45) is 0 Å². The standard InChI is InChI=1S/C27H27NO2/c29-26(22-13-5-2-6-14-22)19-18-23-15-9-10-20-28(23)27(30)25-17-8-7-16-24(25)21-11-3-1-4-12-21/h1-8,11-14,16-17,23H,9-10,15,18-20H2/t23-/m0/s1. The molecule has 0 bridgehead atoms. The van der Waals surface area contributed by atoms with Crippen LogP contribution in [0.1, 0.15) is 52.8 Å². The van der Waals surface area contributed by atoms with Crippen molar-refractivity contribution in [3.63, 3.8) is 0 Å². The van der Waals surface area contributed by atoms with Crippen LogP contribution in [0.3, 0.4) is 0 Å².